The van der Waals surface area contributed by atoms with Gasteiger partial charge in [0.1, 0.15) is 5.78 Å². The van der Waals surface area contributed by atoms with Gasteiger partial charge in [-0.05, 0) is 38.5 Å². The Morgan fingerprint density at radius 1 is 0.933 bits per heavy atom. The molecule has 0 aliphatic carbocycles. The molecule has 5 heteroatoms. The van der Waals surface area contributed by atoms with Gasteiger partial charge in [-0.25, -0.2) is 0 Å². The van der Waals surface area contributed by atoms with E-state index in [-0.39, 0.29) is 18.0 Å². The van der Waals surface area contributed by atoms with Crippen LogP contribution in [0.3, 0.4) is 0 Å². The number of phenols is 1. The number of aromatic hydroxyl groups is 1. The van der Waals surface area contributed by atoms with Gasteiger partial charge in [-0.1, -0.05) is 65.7 Å². The van der Waals surface area contributed by atoms with Gasteiger partial charge >= 0.3 is 0 Å². The Labute approximate surface area is 177 Å². The van der Waals surface area contributed by atoms with Crippen molar-refractivity contribution in [3.8, 4) is 11.5 Å². The number of ketones is 1. The number of ether oxygens (including phenoxy) is 1. The first-order chi connectivity index (χ1) is 14.3. The third-order valence-electron chi connectivity index (χ3n) is 5.34. The monoisotopic (exact) mass is 422 g/mol. The molecule has 0 saturated heterocycles. The SMILES string of the molecule is COc1cc(C(CC(C)=O)P(=O)(c2ccc(C)cc2)c2ccc(C)cc2)ccc1O. The lowest BCUT2D eigenvalue weighted by atomic mass is 10.1. The first kappa shape index (κ1) is 21.9. The minimum atomic E-state index is -3.25. The highest BCUT2D eigenvalue weighted by molar-refractivity contribution is 7.79. The zero-order valence-corrected chi connectivity index (χ0v) is 18.6. The maximum Gasteiger partial charge on any atom is 0.160 e. The fourth-order valence-corrected chi connectivity index (χ4v) is 6.97. The van der Waals surface area contributed by atoms with Crippen LogP contribution in [-0.2, 0) is 9.36 Å². The zero-order chi connectivity index (χ0) is 21.9. The first-order valence-corrected chi connectivity index (χ1v) is 11.6. The van der Waals surface area contributed by atoms with Crippen molar-refractivity contribution in [2.24, 2.45) is 0 Å². The third kappa shape index (κ3) is 4.34. The largest absolute Gasteiger partial charge is 0.504 e. The van der Waals surface area contributed by atoms with Gasteiger partial charge in [0.2, 0.25) is 0 Å². The molecule has 4 nitrogen and oxygen atoms in total. The molecule has 1 atom stereocenters. The molecule has 0 heterocycles. The number of aryl methyl sites for hydroxylation is 2. The molecule has 1 N–H and O–H groups in total. The van der Waals surface area contributed by atoms with E-state index in [1.165, 1.54) is 20.1 Å². The van der Waals surface area contributed by atoms with Crippen LogP contribution in [0.25, 0.3) is 0 Å². The summed E-state index contributed by atoms with van der Waals surface area (Å²) in [6.07, 6.45) is 0.118. The summed E-state index contributed by atoms with van der Waals surface area (Å²) < 4.78 is 20.2. The van der Waals surface area contributed by atoms with Crippen LogP contribution in [-0.4, -0.2) is 18.0 Å². The lowest BCUT2D eigenvalue weighted by Crippen LogP contribution is -2.23. The minimum absolute atomic E-state index is 0.00308. The molecule has 0 amide bonds. The number of benzene rings is 3. The summed E-state index contributed by atoms with van der Waals surface area (Å²) in [5.74, 6) is 0.246. The number of hydrogen-bond donors (Lipinski definition) is 1. The Bertz CT molecular complexity index is 1040. The molecule has 1 unspecified atom stereocenters. The summed E-state index contributed by atoms with van der Waals surface area (Å²) in [6, 6.07) is 20.3. The van der Waals surface area contributed by atoms with Gasteiger partial charge in [-0.2, -0.15) is 0 Å². The maximum atomic E-state index is 14.9. The van der Waals surface area contributed by atoms with Gasteiger partial charge < -0.3 is 14.4 Å². The van der Waals surface area contributed by atoms with E-state index in [4.69, 9.17) is 4.74 Å². The molecule has 0 spiro atoms. The van der Waals surface area contributed by atoms with Gasteiger partial charge in [0.25, 0.3) is 0 Å². The number of methoxy groups -OCH3 is 1. The van der Waals surface area contributed by atoms with Crippen LogP contribution >= 0.6 is 7.14 Å². The van der Waals surface area contributed by atoms with E-state index in [1.807, 2.05) is 62.4 Å². The average molecular weight is 422 g/mol. The lowest BCUT2D eigenvalue weighted by molar-refractivity contribution is -0.117. The molecule has 0 saturated carbocycles. The topological polar surface area (TPSA) is 63.6 Å². The van der Waals surface area contributed by atoms with Crippen LogP contribution in [0, 0.1) is 13.8 Å². The van der Waals surface area contributed by atoms with Crippen molar-refractivity contribution in [1.82, 2.24) is 0 Å². The average Bonchev–Trinajstić information content (AvgIpc) is 2.73. The highest BCUT2D eigenvalue weighted by Crippen LogP contribution is 2.59. The fourth-order valence-electron chi connectivity index (χ4n) is 3.67. The normalized spacial score (nSPS) is 12.4. The van der Waals surface area contributed by atoms with Crippen molar-refractivity contribution in [2.75, 3.05) is 7.11 Å². The Balaban J connectivity index is 2.29. The number of rotatable bonds is 7. The molecule has 3 aromatic rings. The predicted molar refractivity (Wildman–Crippen MR) is 122 cm³/mol. The molecule has 0 bridgehead atoms. The minimum Gasteiger partial charge on any atom is -0.504 e. The van der Waals surface area contributed by atoms with Gasteiger partial charge in [0.15, 0.2) is 18.6 Å². The first-order valence-electron chi connectivity index (χ1n) is 9.86. The van der Waals surface area contributed by atoms with E-state index in [2.05, 4.69) is 0 Å². The molecule has 0 aliphatic heterocycles. The Hall–Kier alpha value is -2.84. The molecule has 0 aromatic heterocycles. The molecule has 3 rings (SSSR count). The molecule has 0 aliphatic rings. The summed E-state index contributed by atoms with van der Waals surface area (Å²) >= 11 is 0. The smallest absolute Gasteiger partial charge is 0.160 e. The number of hydrogen-bond acceptors (Lipinski definition) is 4. The molecule has 0 fully saturated rings. The standard InChI is InChI=1S/C25H27O4P/c1-17-5-10-21(11-6-17)30(28,22-12-7-18(2)8-13-22)25(15-19(3)26)20-9-14-23(27)24(16-20)29-4/h5-14,16,25,27H,15H2,1-4H3. The van der Waals surface area contributed by atoms with Gasteiger partial charge in [-0.3, -0.25) is 4.79 Å². The van der Waals surface area contributed by atoms with Crippen molar-refractivity contribution in [1.29, 1.82) is 0 Å². The van der Waals surface area contributed by atoms with Crippen molar-refractivity contribution < 1.29 is 19.2 Å². The van der Waals surface area contributed by atoms with E-state index < -0.39 is 12.8 Å². The van der Waals surface area contributed by atoms with E-state index in [1.54, 1.807) is 12.1 Å². The lowest BCUT2D eigenvalue weighted by Gasteiger charge is -2.29. The predicted octanol–water partition coefficient (Wildman–Crippen LogP) is 5.05. The van der Waals surface area contributed by atoms with Crippen molar-refractivity contribution >= 4 is 23.5 Å². The number of phenolic OH excluding ortho intramolecular Hbond substituents is 1. The highest BCUT2D eigenvalue weighted by Gasteiger charge is 2.38. The van der Waals surface area contributed by atoms with Crippen molar-refractivity contribution in [2.45, 2.75) is 32.9 Å². The quantitative estimate of drug-likeness (QED) is 0.541. The zero-order valence-electron chi connectivity index (χ0n) is 17.8. The van der Waals surface area contributed by atoms with E-state index in [0.29, 0.717) is 21.9 Å². The molecular weight excluding hydrogens is 395 g/mol. The van der Waals surface area contributed by atoms with Crippen LogP contribution in [0.5, 0.6) is 11.5 Å². The second kappa shape index (κ2) is 8.89. The highest BCUT2D eigenvalue weighted by atomic mass is 31.2. The summed E-state index contributed by atoms with van der Waals surface area (Å²) in [5.41, 5.74) is 2.27. The van der Waals surface area contributed by atoms with E-state index in [0.717, 1.165) is 11.1 Å². The Morgan fingerprint density at radius 2 is 1.43 bits per heavy atom. The maximum absolute atomic E-state index is 14.9. The number of carbonyl (C=O) groups excluding carboxylic acids is 1. The molecule has 30 heavy (non-hydrogen) atoms. The van der Waals surface area contributed by atoms with Crippen molar-refractivity contribution in [3.05, 3.63) is 83.4 Å². The van der Waals surface area contributed by atoms with Crippen LogP contribution in [0.15, 0.2) is 66.7 Å². The Morgan fingerprint density at radius 3 is 1.87 bits per heavy atom. The molecule has 3 aromatic carbocycles. The summed E-state index contributed by atoms with van der Waals surface area (Å²) in [6.45, 7) is 5.48. The van der Waals surface area contributed by atoms with E-state index >= 15 is 0 Å². The molecule has 0 radical (unpaired) electrons. The van der Waals surface area contributed by atoms with E-state index in [9.17, 15) is 14.5 Å². The Kier molecular flexibility index (Phi) is 6.48. The van der Waals surface area contributed by atoms with Crippen molar-refractivity contribution in [3.63, 3.8) is 0 Å². The summed E-state index contributed by atoms with van der Waals surface area (Å²) in [7, 11) is -1.78. The van der Waals surface area contributed by atoms with Crippen LogP contribution in [0.4, 0.5) is 0 Å². The van der Waals surface area contributed by atoms with Crippen LogP contribution < -0.4 is 15.3 Å². The second-order valence-electron chi connectivity index (χ2n) is 7.68. The van der Waals surface area contributed by atoms with Gasteiger partial charge in [0.05, 0.1) is 12.8 Å². The van der Waals surface area contributed by atoms with Gasteiger partial charge in [0, 0.05) is 17.0 Å². The van der Waals surface area contributed by atoms with Crippen LogP contribution in [0.2, 0.25) is 0 Å². The second-order valence-corrected chi connectivity index (χ2v) is 10.7. The summed E-state index contributed by atoms with van der Waals surface area (Å²) in [4.78, 5) is 12.3. The number of carbonyl (C=O) groups is 1. The molecular formula is C25H27O4P. The number of Topliss-reactive ketones (excluding diaryl/α,β-unsaturated/α-hetero) is 1. The molecule has 156 valence electrons. The van der Waals surface area contributed by atoms with Gasteiger partial charge in [-0.15, -0.1) is 0 Å². The fraction of sp³-hybridized carbons (Fsp3) is 0.240. The third-order valence-corrected chi connectivity index (χ3v) is 8.83. The van der Waals surface area contributed by atoms with Crippen LogP contribution in [0.1, 0.15) is 35.7 Å². The summed E-state index contributed by atoms with van der Waals surface area (Å²) in [5, 5.41) is 11.4.